The number of halogens is 3. The fraction of sp³-hybridized carbons (Fsp3) is 0.364. The average Bonchev–Trinajstić information content (AvgIpc) is 3.09. The van der Waals surface area contributed by atoms with Crippen LogP contribution < -0.4 is 0 Å². The van der Waals surface area contributed by atoms with Gasteiger partial charge in [0.1, 0.15) is 6.54 Å². The first-order chi connectivity index (χ1) is 16.1. The minimum absolute atomic E-state index is 0.0437. The van der Waals surface area contributed by atoms with E-state index in [2.05, 4.69) is 15.4 Å². The Morgan fingerprint density at radius 3 is 2.29 bits per heavy atom. The minimum atomic E-state index is -4.51. The van der Waals surface area contributed by atoms with Crippen molar-refractivity contribution >= 4 is 15.8 Å². The van der Waals surface area contributed by atoms with Crippen LogP contribution in [0, 0.1) is 0 Å². The highest BCUT2D eigenvalue weighted by Gasteiger charge is 2.31. The maximum absolute atomic E-state index is 12.9. The summed E-state index contributed by atoms with van der Waals surface area (Å²) < 4.78 is 66.0. The van der Waals surface area contributed by atoms with Crippen LogP contribution in [0.2, 0.25) is 0 Å². The summed E-state index contributed by atoms with van der Waals surface area (Å²) in [6, 6.07) is 10.2. The molecule has 0 atom stereocenters. The van der Waals surface area contributed by atoms with Crippen molar-refractivity contribution in [3.63, 3.8) is 0 Å². The van der Waals surface area contributed by atoms with Crippen LogP contribution in [-0.4, -0.2) is 51.8 Å². The number of carbonyl (C=O) groups is 1. The summed E-state index contributed by atoms with van der Waals surface area (Å²) in [4.78, 5) is 13.7. The number of aromatic nitrogens is 4. The molecule has 1 fully saturated rings. The number of nitrogens with zero attached hydrogens (tertiary/aromatic N) is 5. The van der Waals surface area contributed by atoms with E-state index in [-0.39, 0.29) is 28.4 Å². The Balaban J connectivity index is 1.45. The van der Waals surface area contributed by atoms with Gasteiger partial charge in [-0.3, -0.25) is 4.79 Å². The van der Waals surface area contributed by atoms with Gasteiger partial charge >= 0.3 is 6.18 Å². The SMILES string of the molecule is O=C(Cn1nnc(-c2cccc(C(F)(F)F)c2)n1)c1ccc(S(=O)(=O)N2CCCCCC2)cc1. The molecule has 0 radical (unpaired) electrons. The van der Waals surface area contributed by atoms with Crippen LogP contribution in [0.25, 0.3) is 11.4 Å². The van der Waals surface area contributed by atoms with E-state index in [1.807, 2.05) is 0 Å². The Morgan fingerprint density at radius 2 is 1.65 bits per heavy atom. The van der Waals surface area contributed by atoms with Crippen LogP contribution in [0.15, 0.2) is 53.4 Å². The van der Waals surface area contributed by atoms with Crippen molar-refractivity contribution in [2.24, 2.45) is 0 Å². The van der Waals surface area contributed by atoms with Crippen LogP contribution >= 0.6 is 0 Å². The summed E-state index contributed by atoms with van der Waals surface area (Å²) >= 11 is 0. The zero-order chi connectivity index (χ0) is 24.3. The Kier molecular flexibility index (Phi) is 6.80. The number of rotatable bonds is 6. The zero-order valence-corrected chi connectivity index (χ0v) is 18.9. The van der Waals surface area contributed by atoms with Gasteiger partial charge in [0.2, 0.25) is 15.8 Å². The van der Waals surface area contributed by atoms with Crippen molar-refractivity contribution in [1.82, 2.24) is 24.5 Å². The number of hydrogen-bond acceptors (Lipinski definition) is 6. The molecule has 0 saturated carbocycles. The van der Waals surface area contributed by atoms with E-state index >= 15 is 0 Å². The number of tetrazole rings is 1. The maximum atomic E-state index is 12.9. The monoisotopic (exact) mass is 493 g/mol. The number of carbonyl (C=O) groups excluding carboxylic acids is 1. The van der Waals surface area contributed by atoms with Crippen molar-refractivity contribution in [2.75, 3.05) is 13.1 Å². The van der Waals surface area contributed by atoms with Gasteiger partial charge in [-0.1, -0.05) is 25.0 Å². The first-order valence-electron chi connectivity index (χ1n) is 10.7. The van der Waals surface area contributed by atoms with Crippen LogP contribution in [0.5, 0.6) is 0 Å². The molecule has 1 aliphatic heterocycles. The second-order valence-electron chi connectivity index (χ2n) is 7.99. The third-order valence-corrected chi connectivity index (χ3v) is 7.48. The summed E-state index contributed by atoms with van der Waals surface area (Å²) in [6.07, 6.45) is -0.849. The van der Waals surface area contributed by atoms with E-state index in [0.29, 0.717) is 13.1 Å². The molecule has 0 spiro atoms. The third kappa shape index (κ3) is 5.33. The molecule has 0 amide bonds. The lowest BCUT2D eigenvalue weighted by molar-refractivity contribution is -0.137. The molecule has 2 aromatic carbocycles. The topological polar surface area (TPSA) is 98.0 Å². The fourth-order valence-corrected chi connectivity index (χ4v) is 5.24. The first kappa shape index (κ1) is 24.0. The molecule has 0 bridgehead atoms. The van der Waals surface area contributed by atoms with Crippen molar-refractivity contribution in [3.05, 3.63) is 59.7 Å². The molecule has 12 heteroatoms. The molecular formula is C22H22F3N5O3S. The molecule has 0 unspecified atom stereocenters. The second-order valence-corrected chi connectivity index (χ2v) is 9.93. The highest BCUT2D eigenvalue weighted by Crippen LogP contribution is 2.31. The van der Waals surface area contributed by atoms with Gasteiger partial charge in [-0.05, 0) is 54.5 Å². The van der Waals surface area contributed by atoms with E-state index in [1.165, 1.54) is 40.7 Å². The minimum Gasteiger partial charge on any atom is -0.292 e. The van der Waals surface area contributed by atoms with Crippen molar-refractivity contribution in [1.29, 1.82) is 0 Å². The van der Waals surface area contributed by atoms with E-state index in [9.17, 15) is 26.4 Å². The first-order valence-corrected chi connectivity index (χ1v) is 12.2. The van der Waals surface area contributed by atoms with Gasteiger partial charge in [0, 0.05) is 24.2 Å². The molecule has 0 aliphatic carbocycles. The standard InChI is InChI=1S/C22H22F3N5O3S/c23-22(24,25)18-7-5-6-17(14-18)21-26-28-30(27-21)15-20(31)16-8-10-19(11-9-16)34(32,33)29-12-3-1-2-4-13-29/h5-11,14H,1-4,12-13,15H2. The maximum Gasteiger partial charge on any atom is 0.416 e. The quantitative estimate of drug-likeness (QED) is 0.485. The summed E-state index contributed by atoms with van der Waals surface area (Å²) in [5, 5.41) is 11.5. The normalized spacial score (nSPS) is 15.7. The van der Waals surface area contributed by atoms with Crippen LogP contribution in [0.1, 0.15) is 41.6 Å². The summed E-state index contributed by atoms with van der Waals surface area (Å²) in [5.74, 6) is -0.440. The van der Waals surface area contributed by atoms with Crippen molar-refractivity contribution < 1.29 is 26.4 Å². The molecule has 1 saturated heterocycles. The summed E-state index contributed by atoms with van der Waals surface area (Å²) in [6.45, 7) is 0.661. The molecule has 4 rings (SSSR count). The smallest absolute Gasteiger partial charge is 0.292 e. The second kappa shape index (κ2) is 9.63. The Bertz CT molecular complexity index is 1270. The van der Waals surface area contributed by atoms with E-state index < -0.39 is 27.5 Å². The number of alkyl halides is 3. The predicted octanol–water partition coefficient (Wildman–Crippen LogP) is 3.81. The van der Waals surface area contributed by atoms with Gasteiger partial charge in [-0.25, -0.2) is 8.42 Å². The van der Waals surface area contributed by atoms with Crippen LogP contribution in [0.4, 0.5) is 13.2 Å². The van der Waals surface area contributed by atoms with Crippen LogP contribution in [0.3, 0.4) is 0 Å². The molecule has 34 heavy (non-hydrogen) atoms. The van der Waals surface area contributed by atoms with Crippen molar-refractivity contribution in [2.45, 2.75) is 43.3 Å². The Hall–Kier alpha value is -3.12. The molecule has 1 aliphatic rings. The van der Waals surface area contributed by atoms with Gasteiger partial charge in [-0.15, -0.1) is 10.2 Å². The molecule has 1 aromatic heterocycles. The fourth-order valence-electron chi connectivity index (χ4n) is 3.72. The summed E-state index contributed by atoms with van der Waals surface area (Å²) in [7, 11) is -3.63. The molecule has 3 aromatic rings. The number of sulfonamides is 1. The van der Waals surface area contributed by atoms with Gasteiger partial charge < -0.3 is 0 Å². The predicted molar refractivity (Wildman–Crippen MR) is 116 cm³/mol. The van der Waals surface area contributed by atoms with E-state index in [1.54, 1.807) is 0 Å². The van der Waals surface area contributed by atoms with Gasteiger partial charge in [0.05, 0.1) is 10.5 Å². The largest absolute Gasteiger partial charge is 0.416 e. The molecule has 180 valence electrons. The van der Waals surface area contributed by atoms with E-state index in [0.717, 1.165) is 42.6 Å². The Morgan fingerprint density at radius 1 is 0.971 bits per heavy atom. The van der Waals surface area contributed by atoms with Gasteiger partial charge in [0.15, 0.2) is 5.78 Å². The molecule has 0 N–H and O–H groups in total. The summed E-state index contributed by atoms with van der Waals surface area (Å²) in [5.41, 5.74) is -0.461. The number of benzene rings is 2. The Labute approximate surface area is 194 Å². The highest BCUT2D eigenvalue weighted by atomic mass is 32.2. The van der Waals surface area contributed by atoms with Gasteiger partial charge in [-0.2, -0.15) is 22.3 Å². The molecular weight excluding hydrogens is 471 g/mol. The molecule has 2 heterocycles. The van der Waals surface area contributed by atoms with Gasteiger partial charge in [0.25, 0.3) is 0 Å². The van der Waals surface area contributed by atoms with Crippen molar-refractivity contribution in [3.8, 4) is 11.4 Å². The number of ketones is 1. The van der Waals surface area contributed by atoms with E-state index in [4.69, 9.17) is 0 Å². The van der Waals surface area contributed by atoms with Crippen LogP contribution in [-0.2, 0) is 22.7 Å². The average molecular weight is 494 g/mol. The number of Topliss-reactive ketones (excluding diaryl/α,β-unsaturated/α-hetero) is 1. The zero-order valence-electron chi connectivity index (χ0n) is 18.1. The lowest BCUT2D eigenvalue weighted by Gasteiger charge is -2.20. The number of hydrogen-bond donors (Lipinski definition) is 0. The lowest BCUT2D eigenvalue weighted by atomic mass is 10.1. The third-order valence-electron chi connectivity index (χ3n) is 5.57. The highest BCUT2D eigenvalue weighted by molar-refractivity contribution is 7.89. The lowest BCUT2D eigenvalue weighted by Crippen LogP contribution is -2.31. The molecule has 8 nitrogen and oxygen atoms in total.